The lowest BCUT2D eigenvalue weighted by Gasteiger charge is -2.48. The average Bonchev–Trinajstić information content (AvgIpc) is 3.38. The van der Waals surface area contributed by atoms with Crippen molar-refractivity contribution in [2.75, 3.05) is 0 Å². The second-order valence-corrected chi connectivity index (χ2v) is 13.6. The Balaban J connectivity index is 1.62. The lowest BCUT2D eigenvalue weighted by atomic mass is 9.98. The minimum absolute atomic E-state index is 0.664. The van der Waals surface area contributed by atoms with E-state index in [1.54, 1.807) is 0 Å². The summed E-state index contributed by atoms with van der Waals surface area (Å²) in [4.78, 5) is 0. The molecular formula is C21H38OSi. The van der Waals surface area contributed by atoms with E-state index in [-0.39, 0.29) is 0 Å². The Morgan fingerprint density at radius 2 is 0.783 bits per heavy atom. The molecule has 132 valence electrons. The Hall–Kier alpha value is 0.177. The summed E-state index contributed by atoms with van der Waals surface area (Å²) in [6.45, 7) is 0. The van der Waals surface area contributed by atoms with Gasteiger partial charge < -0.3 is 4.43 Å². The molecular weight excluding hydrogens is 296 g/mol. The average molecular weight is 335 g/mol. The zero-order chi connectivity index (χ0) is 15.5. The highest BCUT2D eigenvalue weighted by Crippen LogP contribution is 2.59. The van der Waals surface area contributed by atoms with E-state index >= 15 is 0 Å². The van der Waals surface area contributed by atoms with Crippen molar-refractivity contribution in [3.63, 3.8) is 0 Å². The van der Waals surface area contributed by atoms with Gasteiger partial charge in [-0.25, -0.2) is 0 Å². The Morgan fingerprint density at radius 3 is 1.17 bits per heavy atom. The zero-order valence-corrected chi connectivity index (χ0v) is 16.2. The van der Waals surface area contributed by atoms with Gasteiger partial charge in [-0.05, 0) is 29.5 Å². The fourth-order valence-corrected chi connectivity index (χ4v) is 14.2. The van der Waals surface area contributed by atoms with Gasteiger partial charge in [0.05, 0.1) is 0 Å². The fourth-order valence-electron chi connectivity index (χ4n) is 6.89. The van der Waals surface area contributed by atoms with Gasteiger partial charge in [0.2, 0.25) is 8.32 Å². The van der Waals surface area contributed by atoms with E-state index in [0.717, 1.165) is 16.6 Å². The summed E-state index contributed by atoms with van der Waals surface area (Å²) >= 11 is 0. The summed E-state index contributed by atoms with van der Waals surface area (Å²) in [6, 6.07) is 0. The molecule has 0 atom stereocenters. The molecule has 0 unspecified atom stereocenters. The molecule has 4 aliphatic carbocycles. The van der Waals surface area contributed by atoms with Crippen LogP contribution < -0.4 is 0 Å². The molecule has 0 spiro atoms. The molecule has 23 heavy (non-hydrogen) atoms. The van der Waals surface area contributed by atoms with E-state index in [9.17, 15) is 0 Å². The minimum atomic E-state index is -1.58. The molecule has 1 nitrogen and oxygen atoms in total. The fraction of sp³-hybridized carbons (Fsp3) is 1.00. The van der Waals surface area contributed by atoms with E-state index in [2.05, 4.69) is 0 Å². The first-order valence-electron chi connectivity index (χ1n) is 11.1. The van der Waals surface area contributed by atoms with Gasteiger partial charge in [0.15, 0.2) is 0 Å². The molecule has 0 bridgehead atoms. The standard InChI is InChI=1S/C21H38OSi/c1-2-10-18(11-3-1)22-23(19-12-4-5-13-19,20-14-6-7-15-20)21-16-8-9-17-21/h18-21H,1-17H2. The van der Waals surface area contributed by atoms with E-state index in [4.69, 9.17) is 4.43 Å². The maximum absolute atomic E-state index is 7.47. The summed E-state index contributed by atoms with van der Waals surface area (Å²) in [6.07, 6.45) is 26.0. The van der Waals surface area contributed by atoms with Crippen LogP contribution in [0.5, 0.6) is 0 Å². The van der Waals surface area contributed by atoms with Gasteiger partial charge in [-0.1, -0.05) is 96.3 Å². The first-order valence-corrected chi connectivity index (χ1v) is 13.2. The Labute approximate surface area is 145 Å². The predicted molar refractivity (Wildman–Crippen MR) is 100 cm³/mol. The zero-order valence-electron chi connectivity index (χ0n) is 15.2. The lowest BCUT2D eigenvalue weighted by Crippen LogP contribution is -2.53. The van der Waals surface area contributed by atoms with Crippen LogP contribution in [0.4, 0.5) is 0 Å². The molecule has 0 aromatic heterocycles. The number of rotatable bonds is 5. The van der Waals surface area contributed by atoms with Crippen LogP contribution in [-0.4, -0.2) is 14.4 Å². The monoisotopic (exact) mass is 334 g/mol. The maximum atomic E-state index is 7.47. The van der Waals surface area contributed by atoms with Gasteiger partial charge in [0, 0.05) is 6.10 Å². The van der Waals surface area contributed by atoms with Crippen LogP contribution in [-0.2, 0) is 4.43 Å². The molecule has 4 aliphatic rings. The van der Waals surface area contributed by atoms with Crippen molar-refractivity contribution in [3.05, 3.63) is 0 Å². The van der Waals surface area contributed by atoms with E-state index in [1.807, 2.05) is 0 Å². The highest BCUT2D eigenvalue weighted by molar-refractivity contribution is 6.78. The molecule has 4 fully saturated rings. The number of hydrogen-bond donors (Lipinski definition) is 0. The van der Waals surface area contributed by atoms with Gasteiger partial charge in [0.1, 0.15) is 0 Å². The second kappa shape index (κ2) is 7.60. The highest BCUT2D eigenvalue weighted by Gasteiger charge is 2.56. The van der Waals surface area contributed by atoms with Crippen LogP contribution in [0, 0.1) is 0 Å². The first kappa shape index (κ1) is 16.6. The topological polar surface area (TPSA) is 9.23 Å². The predicted octanol–water partition coefficient (Wildman–Crippen LogP) is 7.11. The van der Waals surface area contributed by atoms with Crippen molar-refractivity contribution in [1.29, 1.82) is 0 Å². The normalized spacial score (nSPS) is 29.7. The van der Waals surface area contributed by atoms with Crippen molar-refractivity contribution in [3.8, 4) is 0 Å². The summed E-state index contributed by atoms with van der Waals surface area (Å²) in [5.41, 5.74) is 3.11. The molecule has 2 heteroatoms. The van der Waals surface area contributed by atoms with Gasteiger partial charge in [-0.3, -0.25) is 0 Å². The molecule has 0 aromatic carbocycles. The molecule has 0 heterocycles. The van der Waals surface area contributed by atoms with Crippen molar-refractivity contribution in [1.82, 2.24) is 0 Å². The van der Waals surface area contributed by atoms with E-state index < -0.39 is 8.32 Å². The molecule has 4 rings (SSSR count). The lowest BCUT2D eigenvalue weighted by molar-refractivity contribution is 0.128. The minimum Gasteiger partial charge on any atom is -0.413 e. The van der Waals surface area contributed by atoms with Crippen molar-refractivity contribution in [2.24, 2.45) is 0 Å². The molecule has 0 saturated heterocycles. The molecule has 0 radical (unpaired) electrons. The Bertz CT molecular complexity index is 317. The van der Waals surface area contributed by atoms with Gasteiger partial charge in [-0.2, -0.15) is 0 Å². The van der Waals surface area contributed by atoms with Crippen molar-refractivity contribution >= 4 is 8.32 Å². The Morgan fingerprint density at radius 1 is 0.435 bits per heavy atom. The van der Waals surface area contributed by atoms with Crippen LogP contribution >= 0.6 is 0 Å². The third kappa shape index (κ3) is 3.32. The smallest absolute Gasteiger partial charge is 0.202 e. The van der Waals surface area contributed by atoms with Crippen molar-refractivity contribution in [2.45, 2.75) is 132 Å². The van der Waals surface area contributed by atoms with Gasteiger partial charge in [-0.15, -0.1) is 0 Å². The number of hydrogen-bond acceptors (Lipinski definition) is 1. The largest absolute Gasteiger partial charge is 0.413 e. The summed E-state index contributed by atoms with van der Waals surface area (Å²) in [5, 5.41) is 0. The van der Waals surface area contributed by atoms with Crippen LogP contribution in [0.15, 0.2) is 0 Å². The van der Waals surface area contributed by atoms with E-state index in [0.29, 0.717) is 6.10 Å². The maximum Gasteiger partial charge on any atom is 0.202 e. The van der Waals surface area contributed by atoms with Crippen LogP contribution in [0.1, 0.15) is 109 Å². The van der Waals surface area contributed by atoms with Crippen molar-refractivity contribution < 1.29 is 4.43 Å². The van der Waals surface area contributed by atoms with Gasteiger partial charge >= 0.3 is 0 Å². The summed E-state index contributed by atoms with van der Waals surface area (Å²) in [7, 11) is -1.58. The van der Waals surface area contributed by atoms with Crippen LogP contribution in [0.2, 0.25) is 16.6 Å². The van der Waals surface area contributed by atoms with Crippen LogP contribution in [0.3, 0.4) is 0 Å². The Kier molecular flexibility index (Phi) is 5.50. The highest BCUT2D eigenvalue weighted by atomic mass is 28.4. The molecule has 4 saturated carbocycles. The third-order valence-corrected chi connectivity index (χ3v) is 14.2. The van der Waals surface area contributed by atoms with Crippen LogP contribution in [0.25, 0.3) is 0 Å². The third-order valence-electron chi connectivity index (χ3n) is 7.90. The second-order valence-electron chi connectivity index (χ2n) is 9.18. The summed E-state index contributed by atoms with van der Waals surface area (Å²) in [5.74, 6) is 0. The molecule has 0 amide bonds. The van der Waals surface area contributed by atoms with Gasteiger partial charge in [0.25, 0.3) is 0 Å². The molecule has 0 N–H and O–H groups in total. The summed E-state index contributed by atoms with van der Waals surface area (Å²) < 4.78 is 7.47. The SMILES string of the molecule is C1CCC(O[Si](C2CCCC2)(C2CCCC2)C2CCCC2)CC1. The quantitative estimate of drug-likeness (QED) is 0.486. The van der Waals surface area contributed by atoms with E-state index in [1.165, 1.54) is 109 Å². The molecule has 0 aliphatic heterocycles. The molecule has 0 aromatic rings. The first-order chi connectivity index (χ1) is 11.4.